The molecule has 0 amide bonds. The maximum absolute atomic E-state index is 13.5. The molecule has 20 heavy (non-hydrogen) atoms. The smallest absolute Gasteiger partial charge is 0.243 e. The molecule has 0 aliphatic carbocycles. The highest BCUT2D eigenvalue weighted by Gasteiger charge is 2.25. The molecule has 0 aromatic heterocycles. The van der Waals surface area contributed by atoms with E-state index in [1.54, 1.807) is 0 Å². The van der Waals surface area contributed by atoms with Crippen molar-refractivity contribution >= 4 is 15.7 Å². The number of nitrogens with zero attached hydrogens (tertiary/aromatic N) is 1. The lowest BCUT2D eigenvalue weighted by Gasteiger charge is -2.24. The van der Waals surface area contributed by atoms with E-state index in [-0.39, 0.29) is 16.1 Å². The van der Waals surface area contributed by atoms with Crippen molar-refractivity contribution in [3.63, 3.8) is 0 Å². The van der Waals surface area contributed by atoms with Gasteiger partial charge in [-0.15, -0.1) is 0 Å². The molecule has 4 nitrogen and oxygen atoms in total. The number of sulfonamides is 1. The van der Waals surface area contributed by atoms with Crippen molar-refractivity contribution in [3.05, 3.63) is 23.5 Å². The molecular weight excluding hydrogens is 279 g/mol. The van der Waals surface area contributed by atoms with E-state index in [2.05, 4.69) is 0 Å². The van der Waals surface area contributed by atoms with Crippen molar-refractivity contribution in [3.8, 4) is 0 Å². The maximum atomic E-state index is 13.5. The average Bonchev–Trinajstić information content (AvgIpc) is 2.34. The molecule has 0 unspecified atom stereocenters. The van der Waals surface area contributed by atoms with Crippen LogP contribution in [0.2, 0.25) is 0 Å². The van der Waals surface area contributed by atoms with E-state index in [1.807, 2.05) is 0 Å². The molecule has 2 rings (SSSR count). The molecule has 0 saturated carbocycles. The summed E-state index contributed by atoms with van der Waals surface area (Å²) in [5.41, 5.74) is 5.69. The van der Waals surface area contributed by atoms with E-state index < -0.39 is 15.8 Å². The molecule has 2 N–H and O–H groups in total. The van der Waals surface area contributed by atoms with Crippen molar-refractivity contribution in [2.45, 2.75) is 43.9 Å². The van der Waals surface area contributed by atoms with Gasteiger partial charge in [-0.05, 0) is 37.5 Å². The Morgan fingerprint density at radius 3 is 2.20 bits per heavy atom. The summed E-state index contributed by atoms with van der Waals surface area (Å²) in [5.74, 6) is -0.545. The molecular formula is C14H21FN2O2S. The number of nitrogens with two attached hydrogens (primary N) is 1. The first-order chi connectivity index (χ1) is 9.43. The van der Waals surface area contributed by atoms with E-state index >= 15 is 0 Å². The fraction of sp³-hybridized carbons (Fsp3) is 0.571. The predicted octanol–water partition coefficient (Wildman–Crippen LogP) is 2.67. The van der Waals surface area contributed by atoms with Gasteiger partial charge in [0.1, 0.15) is 5.82 Å². The van der Waals surface area contributed by atoms with Crippen molar-refractivity contribution in [2.24, 2.45) is 0 Å². The summed E-state index contributed by atoms with van der Waals surface area (Å²) in [6.07, 6.45) is 5.01. The van der Waals surface area contributed by atoms with E-state index in [0.717, 1.165) is 32.1 Å². The van der Waals surface area contributed by atoms with Gasteiger partial charge in [0.05, 0.1) is 10.6 Å². The van der Waals surface area contributed by atoms with Gasteiger partial charge in [-0.1, -0.05) is 19.3 Å². The SMILES string of the molecule is Cc1cc(S(=O)(=O)N2CCCCCCC2)cc(N)c1F. The maximum Gasteiger partial charge on any atom is 0.243 e. The zero-order valence-corrected chi connectivity index (χ0v) is 12.5. The lowest BCUT2D eigenvalue weighted by atomic mass is 10.1. The minimum Gasteiger partial charge on any atom is -0.396 e. The summed E-state index contributed by atoms with van der Waals surface area (Å²) < 4.78 is 40.3. The molecule has 1 heterocycles. The molecule has 1 aliphatic rings. The second kappa shape index (κ2) is 6.10. The number of halogens is 1. The van der Waals surface area contributed by atoms with Crippen LogP contribution >= 0.6 is 0 Å². The first-order valence-corrected chi connectivity index (χ1v) is 8.42. The first-order valence-electron chi connectivity index (χ1n) is 6.98. The molecule has 112 valence electrons. The topological polar surface area (TPSA) is 63.4 Å². The number of aryl methyl sites for hydroxylation is 1. The highest BCUT2D eigenvalue weighted by molar-refractivity contribution is 7.89. The number of nitrogen functional groups attached to an aromatic ring is 1. The molecule has 6 heteroatoms. The fourth-order valence-electron chi connectivity index (χ4n) is 2.52. The van der Waals surface area contributed by atoms with Gasteiger partial charge in [-0.2, -0.15) is 4.31 Å². The second-order valence-corrected chi connectivity index (χ2v) is 7.25. The lowest BCUT2D eigenvalue weighted by molar-refractivity contribution is 0.364. The summed E-state index contributed by atoms with van der Waals surface area (Å²) in [4.78, 5) is 0.0921. The third-order valence-corrected chi connectivity index (χ3v) is 5.59. The first kappa shape index (κ1) is 15.3. The van der Waals surface area contributed by atoms with Crippen LogP contribution in [0.15, 0.2) is 17.0 Å². The third kappa shape index (κ3) is 3.12. The minimum absolute atomic E-state index is 0.0921. The zero-order chi connectivity index (χ0) is 14.8. The molecule has 1 aliphatic heterocycles. The van der Waals surface area contributed by atoms with Crippen molar-refractivity contribution in [1.29, 1.82) is 0 Å². The van der Waals surface area contributed by atoms with Crippen LogP contribution < -0.4 is 5.73 Å². The summed E-state index contributed by atoms with van der Waals surface area (Å²) >= 11 is 0. The van der Waals surface area contributed by atoms with Gasteiger partial charge in [0, 0.05) is 13.1 Å². The van der Waals surface area contributed by atoms with E-state index in [4.69, 9.17) is 5.73 Å². The highest BCUT2D eigenvalue weighted by Crippen LogP contribution is 2.25. The van der Waals surface area contributed by atoms with Crippen molar-refractivity contribution in [1.82, 2.24) is 4.31 Å². The van der Waals surface area contributed by atoms with Gasteiger partial charge in [-0.3, -0.25) is 0 Å². The van der Waals surface area contributed by atoms with Crippen LogP contribution in [-0.2, 0) is 10.0 Å². The van der Waals surface area contributed by atoms with Gasteiger partial charge < -0.3 is 5.73 Å². The van der Waals surface area contributed by atoms with Crippen molar-refractivity contribution < 1.29 is 12.8 Å². The van der Waals surface area contributed by atoms with Crippen LogP contribution in [0.1, 0.15) is 37.7 Å². The van der Waals surface area contributed by atoms with E-state index in [9.17, 15) is 12.8 Å². The Morgan fingerprint density at radius 2 is 1.65 bits per heavy atom. The molecule has 1 aromatic rings. The molecule has 0 radical (unpaired) electrons. The summed E-state index contributed by atoms with van der Waals surface area (Å²) in [5, 5.41) is 0. The summed E-state index contributed by atoms with van der Waals surface area (Å²) in [6.45, 7) is 2.58. The molecule has 1 fully saturated rings. The number of hydrogen-bond acceptors (Lipinski definition) is 3. The van der Waals surface area contributed by atoms with E-state index in [0.29, 0.717) is 13.1 Å². The number of rotatable bonds is 2. The van der Waals surface area contributed by atoms with Crippen LogP contribution in [0.5, 0.6) is 0 Å². The van der Waals surface area contributed by atoms with Gasteiger partial charge in [-0.25, -0.2) is 12.8 Å². The number of anilines is 1. The molecule has 1 saturated heterocycles. The highest BCUT2D eigenvalue weighted by atomic mass is 32.2. The molecule has 0 bridgehead atoms. The van der Waals surface area contributed by atoms with E-state index in [1.165, 1.54) is 23.4 Å². The second-order valence-electron chi connectivity index (χ2n) is 5.32. The Bertz CT molecular complexity index is 556. The Morgan fingerprint density at radius 1 is 1.10 bits per heavy atom. The molecule has 0 atom stereocenters. The van der Waals surface area contributed by atoms with Gasteiger partial charge >= 0.3 is 0 Å². The number of benzene rings is 1. The van der Waals surface area contributed by atoms with Crippen LogP contribution in [0, 0.1) is 12.7 Å². The Kier molecular flexibility index (Phi) is 4.65. The van der Waals surface area contributed by atoms with Crippen molar-refractivity contribution in [2.75, 3.05) is 18.8 Å². The minimum atomic E-state index is -3.58. The number of hydrogen-bond donors (Lipinski definition) is 1. The summed E-state index contributed by atoms with van der Waals surface area (Å²) in [6, 6.07) is 2.58. The fourth-order valence-corrected chi connectivity index (χ4v) is 4.16. The van der Waals surface area contributed by atoms with Gasteiger partial charge in [0.25, 0.3) is 0 Å². The standard InChI is InChI=1S/C14H21FN2O2S/c1-11-9-12(10-13(16)14(11)15)20(18,19)17-7-5-3-2-4-6-8-17/h9-10H,2-8,16H2,1H3. The quantitative estimate of drug-likeness (QED) is 0.854. The Labute approximate surface area is 119 Å². The Hall–Kier alpha value is -1.14. The van der Waals surface area contributed by atoms with Gasteiger partial charge in [0.15, 0.2) is 0 Å². The van der Waals surface area contributed by atoms with Crippen LogP contribution in [0.25, 0.3) is 0 Å². The lowest BCUT2D eigenvalue weighted by Crippen LogP contribution is -2.34. The zero-order valence-electron chi connectivity index (χ0n) is 11.7. The monoisotopic (exact) mass is 300 g/mol. The molecule has 1 aromatic carbocycles. The van der Waals surface area contributed by atoms with Crippen LogP contribution in [0.3, 0.4) is 0 Å². The van der Waals surface area contributed by atoms with Gasteiger partial charge in [0.2, 0.25) is 10.0 Å². The average molecular weight is 300 g/mol. The Balaban J connectivity index is 2.33. The third-order valence-electron chi connectivity index (χ3n) is 3.71. The molecule has 0 spiro atoms. The van der Waals surface area contributed by atoms with Crippen LogP contribution in [0.4, 0.5) is 10.1 Å². The summed E-state index contributed by atoms with van der Waals surface area (Å²) in [7, 11) is -3.58. The van der Waals surface area contributed by atoms with Crippen LogP contribution in [-0.4, -0.2) is 25.8 Å². The normalized spacial score (nSPS) is 18.5. The predicted molar refractivity (Wildman–Crippen MR) is 77.4 cm³/mol. The largest absolute Gasteiger partial charge is 0.396 e.